The van der Waals surface area contributed by atoms with E-state index in [1.54, 1.807) is 42.5 Å². The molecule has 1 aromatic heterocycles. The number of aromatic nitrogens is 1. The maximum Gasteiger partial charge on any atom is 0.337 e. The maximum atomic E-state index is 14.1. The quantitative estimate of drug-likeness (QED) is 0.145. The molecule has 48 heavy (non-hydrogen) atoms. The van der Waals surface area contributed by atoms with Crippen LogP contribution in [0.25, 0.3) is 6.08 Å². The second-order valence-electron chi connectivity index (χ2n) is 10.3. The number of carboxylic acid groups (broad SMARTS) is 1. The highest BCUT2D eigenvalue weighted by Gasteiger charge is 2.31. The topological polar surface area (TPSA) is 135 Å². The average Bonchev–Trinajstić information content (AvgIpc) is 3.39. The molecule has 4 aromatic rings. The van der Waals surface area contributed by atoms with E-state index in [4.69, 9.17) is 28.8 Å². The van der Waals surface area contributed by atoms with Crippen LogP contribution in [-0.4, -0.2) is 48.5 Å². The molecule has 1 aliphatic heterocycles. The monoisotopic (exact) mass is 784 g/mol. The number of rotatable bonds is 13. The number of aromatic carboxylic acids is 1. The van der Waals surface area contributed by atoms with Gasteiger partial charge in [0.1, 0.15) is 6.61 Å². The summed E-state index contributed by atoms with van der Waals surface area (Å²) < 4.78 is 31.3. The summed E-state index contributed by atoms with van der Waals surface area (Å²) in [6.07, 6.45) is 3.20. The van der Waals surface area contributed by atoms with Crippen LogP contribution in [0.15, 0.2) is 76.2 Å². The van der Waals surface area contributed by atoms with Crippen LogP contribution in [-0.2, 0) is 16.1 Å². The Labute approximate surface area is 293 Å². The fraction of sp³-hybridized carbons (Fsp3) is 0.257. The van der Waals surface area contributed by atoms with E-state index in [2.05, 4.69) is 27.6 Å². The molecule has 0 radical (unpaired) electrons. The van der Waals surface area contributed by atoms with E-state index >= 15 is 0 Å². The van der Waals surface area contributed by atoms with Gasteiger partial charge in [-0.25, -0.2) is 14.6 Å². The van der Waals surface area contributed by atoms with E-state index in [9.17, 15) is 14.4 Å². The number of nitrogens with zero attached hydrogens (tertiary/aromatic N) is 2. The van der Waals surface area contributed by atoms with Crippen molar-refractivity contribution in [3.63, 3.8) is 0 Å². The van der Waals surface area contributed by atoms with Gasteiger partial charge in [-0.2, -0.15) is 0 Å². The van der Waals surface area contributed by atoms with E-state index < -0.39 is 18.0 Å². The highest BCUT2D eigenvalue weighted by molar-refractivity contribution is 14.1. The van der Waals surface area contributed by atoms with Gasteiger partial charge in [0.25, 0.3) is 5.56 Å². The van der Waals surface area contributed by atoms with Crippen molar-refractivity contribution >= 4 is 51.9 Å². The zero-order chi connectivity index (χ0) is 34.4. The smallest absolute Gasteiger partial charge is 0.337 e. The molecule has 0 bridgehead atoms. The molecule has 1 atom stereocenters. The van der Waals surface area contributed by atoms with Crippen molar-refractivity contribution in [2.24, 2.45) is 4.99 Å². The first-order valence-electron chi connectivity index (χ1n) is 15.1. The zero-order valence-corrected chi connectivity index (χ0v) is 29.6. The number of hydrogen-bond acceptors (Lipinski definition) is 10. The van der Waals surface area contributed by atoms with E-state index in [-0.39, 0.29) is 23.3 Å². The Kier molecular flexibility index (Phi) is 11.2. The number of hydrogen-bond donors (Lipinski definition) is 1. The van der Waals surface area contributed by atoms with Crippen molar-refractivity contribution in [2.75, 3.05) is 26.9 Å². The van der Waals surface area contributed by atoms with Crippen LogP contribution in [0.4, 0.5) is 0 Å². The molecule has 13 heteroatoms. The normalized spacial score (nSPS) is 14.0. The molecule has 0 saturated heterocycles. The number of halogens is 1. The molecular weight excluding hydrogens is 751 g/mol. The van der Waals surface area contributed by atoms with Crippen molar-refractivity contribution in [3.05, 3.63) is 112 Å². The van der Waals surface area contributed by atoms with E-state index in [1.165, 1.54) is 41.3 Å². The van der Waals surface area contributed by atoms with Gasteiger partial charge in [0.2, 0.25) is 0 Å². The van der Waals surface area contributed by atoms with Gasteiger partial charge in [-0.3, -0.25) is 9.36 Å². The second-order valence-corrected chi connectivity index (χ2v) is 12.5. The van der Waals surface area contributed by atoms with Gasteiger partial charge in [0.05, 0.1) is 52.2 Å². The van der Waals surface area contributed by atoms with Gasteiger partial charge < -0.3 is 28.8 Å². The third-order valence-electron chi connectivity index (χ3n) is 7.22. The highest BCUT2D eigenvalue weighted by atomic mass is 127. The number of fused-ring (bicyclic) bond motifs is 1. The Bertz CT molecular complexity index is 2050. The minimum absolute atomic E-state index is 0.195. The third kappa shape index (κ3) is 7.41. The minimum Gasteiger partial charge on any atom is -0.490 e. The minimum atomic E-state index is -0.995. The lowest BCUT2D eigenvalue weighted by Crippen LogP contribution is -2.39. The van der Waals surface area contributed by atoms with Crippen LogP contribution in [0, 0.1) is 3.57 Å². The fourth-order valence-electron chi connectivity index (χ4n) is 5.11. The van der Waals surface area contributed by atoms with Crippen molar-refractivity contribution in [3.8, 4) is 23.0 Å². The molecule has 0 saturated carbocycles. The largest absolute Gasteiger partial charge is 0.490 e. The van der Waals surface area contributed by atoms with Crippen LogP contribution >= 0.6 is 33.9 Å². The first-order chi connectivity index (χ1) is 23.2. The Morgan fingerprint density at radius 2 is 1.62 bits per heavy atom. The molecule has 0 fully saturated rings. The molecule has 2 heterocycles. The van der Waals surface area contributed by atoms with Crippen molar-refractivity contribution in [1.29, 1.82) is 0 Å². The van der Waals surface area contributed by atoms with Crippen LogP contribution in [0.5, 0.6) is 23.0 Å². The average molecular weight is 785 g/mol. The van der Waals surface area contributed by atoms with E-state index in [0.717, 1.165) is 9.13 Å². The molecule has 0 spiro atoms. The third-order valence-corrected chi connectivity index (χ3v) is 9.02. The number of thiazole rings is 1. The molecule has 5 rings (SSSR count). The molecule has 1 N–H and O–H groups in total. The highest BCUT2D eigenvalue weighted by Crippen LogP contribution is 2.36. The summed E-state index contributed by atoms with van der Waals surface area (Å²) in [7, 11) is 1.29. The molecule has 0 unspecified atom stereocenters. The predicted octanol–water partition coefficient (Wildman–Crippen LogP) is 5.10. The van der Waals surface area contributed by atoms with E-state index in [1.807, 2.05) is 26.8 Å². The first kappa shape index (κ1) is 34.7. The summed E-state index contributed by atoms with van der Waals surface area (Å²) in [5.74, 6) is 0.482. The molecule has 250 valence electrons. The number of carboxylic acids is 1. The number of benzene rings is 3. The molecular formula is C35H33IN2O9S. The van der Waals surface area contributed by atoms with E-state index in [0.29, 0.717) is 63.3 Å². The lowest BCUT2D eigenvalue weighted by molar-refractivity contribution is -0.136. The van der Waals surface area contributed by atoms with Gasteiger partial charge in [-0.1, -0.05) is 29.5 Å². The number of carbonyl (C=O) groups excluding carboxylic acids is 1. The summed E-state index contributed by atoms with van der Waals surface area (Å²) in [5.41, 5.74) is 2.20. The molecule has 11 nitrogen and oxygen atoms in total. The molecule has 3 aromatic carbocycles. The second kappa shape index (κ2) is 15.5. The number of ether oxygens (including phenoxy) is 5. The number of carbonyl (C=O) groups is 2. The summed E-state index contributed by atoms with van der Waals surface area (Å²) in [6, 6.07) is 14.7. The molecule has 0 amide bonds. The Hall–Kier alpha value is -4.63. The summed E-state index contributed by atoms with van der Waals surface area (Å²) in [4.78, 5) is 43.1. The maximum absolute atomic E-state index is 14.1. The Morgan fingerprint density at radius 3 is 2.29 bits per heavy atom. The molecule has 0 aliphatic carbocycles. The first-order valence-corrected chi connectivity index (χ1v) is 17.0. The number of methoxy groups -OCH3 is 1. The van der Waals surface area contributed by atoms with Gasteiger partial charge in [-0.15, -0.1) is 0 Å². The zero-order valence-electron chi connectivity index (χ0n) is 26.7. The Morgan fingerprint density at radius 1 is 0.938 bits per heavy atom. The summed E-state index contributed by atoms with van der Waals surface area (Å²) in [5, 5.41) is 9.17. The van der Waals surface area contributed by atoms with Crippen molar-refractivity contribution in [1.82, 2.24) is 4.57 Å². The fourth-order valence-corrected chi connectivity index (χ4v) is 6.86. The number of esters is 1. The standard InChI is InChI=1S/C35H33IN2O9S/c1-5-44-26-13-12-23(17-27(26)45-6-2)30-24(34(42)43-4)18-37-35-38(30)32(39)29(48-35)16-21-14-25(36)31(28(15-21)46-7-3)47-19-20-8-10-22(11-9-20)33(40)41/h8-18,30H,5-7,19H2,1-4H3,(H,40,41)/b29-16-/t30-/m0/s1. The van der Waals surface area contributed by atoms with Crippen LogP contribution in [0.2, 0.25) is 0 Å². The van der Waals surface area contributed by atoms with Gasteiger partial charge in [0.15, 0.2) is 27.8 Å². The summed E-state index contributed by atoms with van der Waals surface area (Å²) in [6.45, 7) is 7.04. The van der Waals surface area contributed by atoms with Crippen molar-refractivity contribution in [2.45, 2.75) is 33.4 Å². The Balaban J connectivity index is 1.54. The van der Waals surface area contributed by atoms with Crippen LogP contribution < -0.4 is 33.8 Å². The van der Waals surface area contributed by atoms with Gasteiger partial charge >= 0.3 is 11.9 Å². The predicted molar refractivity (Wildman–Crippen MR) is 188 cm³/mol. The molecule has 1 aliphatic rings. The van der Waals surface area contributed by atoms with Gasteiger partial charge in [-0.05, 0) is 103 Å². The van der Waals surface area contributed by atoms with Crippen LogP contribution in [0.3, 0.4) is 0 Å². The van der Waals surface area contributed by atoms with Crippen LogP contribution in [0.1, 0.15) is 53.9 Å². The SMILES string of the molecule is CCOc1ccc([C@H]2C(C(=O)OC)=CN=c3s/c(=C\c4cc(I)c(OCc5ccc(C(=O)O)cc5)c(OCC)c4)c(=O)n32)cc1OCC. The summed E-state index contributed by atoms with van der Waals surface area (Å²) >= 11 is 3.36. The van der Waals surface area contributed by atoms with Crippen molar-refractivity contribution < 1.29 is 38.4 Å². The lowest BCUT2D eigenvalue weighted by Gasteiger charge is -2.23. The lowest BCUT2D eigenvalue weighted by atomic mass is 9.97. The van der Waals surface area contributed by atoms with Gasteiger partial charge in [0, 0.05) is 6.20 Å².